The van der Waals surface area contributed by atoms with E-state index in [1.54, 1.807) is 24.3 Å². The molecule has 0 radical (unpaired) electrons. The van der Waals surface area contributed by atoms with Crippen molar-refractivity contribution in [3.63, 3.8) is 0 Å². The molecule has 2 aromatic rings. The minimum Gasteiger partial charge on any atom is -0.483 e. The highest BCUT2D eigenvalue weighted by Gasteiger charge is 2.11. The minimum absolute atomic E-state index is 0.200. The lowest BCUT2D eigenvalue weighted by Gasteiger charge is -2.15. The van der Waals surface area contributed by atoms with E-state index in [4.69, 9.17) is 16.3 Å². The first-order valence-corrected chi connectivity index (χ1v) is 8.70. The Kier molecular flexibility index (Phi) is 7.29. The summed E-state index contributed by atoms with van der Waals surface area (Å²) < 4.78 is 5.59. The van der Waals surface area contributed by atoms with Gasteiger partial charge in [-0.25, -0.2) is 10.2 Å². The predicted molar refractivity (Wildman–Crippen MR) is 102 cm³/mol. The average molecular weight is 376 g/mol. The molecular formula is C19H22ClN3O3. The van der Waals surface area contributed by atoms with Crippen molar-refractivity contribution in [2.75, 3.05) is 11.9 Å². The van der Waals surface area contributed by atoms with Crippen LogP contribution in [0.2, 0.25) is 5.02 Å². The van der Waals surface area contributed by atoms with Crippen molar-refractivity contribution in [1.82, 2.24) is 10.9 Å². The van der Waals surface area contributed by atoms with E-state index in [2.05, 4.69) is 30.0 Å². The van der Waals surface area contributed by atoms with E-state index < -0.39 is 11.9 Å². The molecule has 138 valence electrons. The molecule has 2 rings (SSSR count). The quantitative estimate of drug-likeness (QED) is 0.665. The Bertz CT molecular complexity index is 750. The summed E-state index contributed by atoms with van der Waals surface area (Å²) in [4.78, 5) is 23.6. The van der Waals surface area contributed by atoms with Crippen LogP contribution in [0.1, 0.15) is 31.7 Å². The lowest BCUT2D eigenvalue weighted by atomic mass is 9.98. The van der Waals surface area contributed by atoms with E-state index in [-0.39, 0.29) is 6.61 Å². The number of rotatable bonds is 6. The van der Waals surface area contributed by atoms with Crippen LogP contribution in [-0.4, -0.2) is 18.5 Å². The second-order valence-corrected chi connectivity index (χ2v) is 6.21. The number of carbonyl (C=O) groups excluding carboxylic acids is 2. The van der Waals surface area contributed by atoms with Crippen LogP contribution < -0.4 is 20.9 Å². The molecule has 0 aliphatic heterocycles. The number of ether oxygens (including phenoxy) is 1. The molecule has 0 fully saturated rings. The SMILES string of the molecule is CCC(C)c1ccccc1OCC(=O)NNC(=O)Nc1ccc(Cl)cc1. The number of amides is 3. The van der Waals surface area contributed by atoms with Gasteiger partial charge in [-0.2, -0.15) is 0 Å². The molecule has 0 aliphatic carbocycles. The van der Waals surface area contributed by atoms with Gasteiger partial charge < -0.3 is 10.1 Å². The Hall–Kier alpha value is -2.73. The Morgan fingerprint density at radius 1 is 1.08 bits per heavy atom. The molecular weight excluding hydrogens is 354 g/mol. The molecule has 0 saturated carbocycles. The van der Waals surface area contributed by atoms with Gasteiger partial charge in [-0.1, -0.05) is 43.6 Å². The fraction of sp³-hybridized carbons (Fsp3) is 0.263. The van der Waals surface area contributed by atoms with E-state index in [1.165, 1.54) is 0 Å². The van der Waals surface area contributed by atoms with Crippen LogP contribution in [0.5, 0.6) is 5.75 Å². The number of benzene rings is 2. The third kappa shape index (κ3) is 5.97. The predicted octanol–water partition coefficient (Wildman–Crippen LogP) is 4.09. The first-order chi connectivity index (χ1) is 12.5. The van der Waals surface area contributed by atoms with Crippen molar-refractivity contribution in [2.24, 2.45) is 0 Å². The summed E-state index contributed by atoms with van der Waals surface area (Å²) in [6.45, 7) is 4.00. The number of hydrogen-bond donors (Lipinski definition) is 3. The normalized spacial score (nSPS) is 11.3. The monoisotopic (exact) mass is 375 g/mol. The molecule has 0 saturated heterocycles. The molecule has 26 heavy (non-hydrogen) atoms. The van der Waals surface area contributed by atoms with Gasteiger partial charge in [0.15, 0.2) is 6.61 Å². The summed E-state index contributed by atoms with van der Waals surface area (Å²) in [7, 11) is 0. The second-order valence-electron chi connectivity index (χ2n) is 5.77. The molecule has 0 aliphatic rings. The first kappa shape index (κ1) is 19.6. The number of para-hydroxylation sites is 1. The summed E-state index contributed by atoms with van der Waals surface area (Å²) in [6.07, 6.45) is 0.971. The molecule has 0 spiro atoms. The maximum absolute atomic E-state index is 11.9. The van der Waals surface area contributed by atoms with Crippen molar-refractivity contribution in [3.05, 3.63) is 59.1 Å². The van der Waals surface area contributed by atoms with Gasteiger partial charge in [0.2, 0.25) is 0 Å². The van der Waals surface area contributed by atoms with Crippen molar-refractivity contribution < 1.29 is 14.3 Å². The topological polar surface area (TPSA) is 79.5 Å². The van der Waals surface area contributed by atoms with Gasteiger partial charge in [-0.05, 0) is 48.2 Å². The van der Waals surface area contributed by atoms with Gasteiger partial charge in [0.25, 0.3) is 5.91 Å². The molecule has 0 aromatic heterocycles. The molecule has 0 heterocycles. The van der Waals surface area contributed by atoms with Gasteiger partial charge in [-0.15, -0.1) is 0 Å². The lowest BCUT2D eigenvalue weighted by molar-refractivity contribution is -0.123. The summed E-state index contributed by atoms with van der Waals surface area (Å²) in [5.74, 6) is 0.537. The lowest BCUT2D eigenvalue weighted by Crippen LogP contribution is -2.45. The van der Waals surface area contributed by atoms with Crippen LogP contribution in [0.25, 0.3) is 0 Å². The van der Waals surface area contributed by atoms with Gasteiger partial charge in [0.1, 0.15) is 5.75 Å². The smallest absolute Gasteiger partial charge is 0.337 e. The zero-order chi connectivity index (χ0) is 18.9. The molecule has 3 N–H and O–H groups in total. The number of anilines is 1. The maximum Gasteiger partial charge on any atom is 0.337 e. The second kappa shape index (κ2) is 9.68. The van der Waals surface area contributed by atoms with E-state index in [9.17, 15) is 9.59 Å². The molecule has 3 amide bonds. The molecule has 6 nitrogen and oxygen atoms in total. The highest BCUT2D eigenvalue weighted by Crippen LogP contribution is 2.28. The van der Waals surface area contributed by atoms with Gasteiger partial charge >= 0.3 is 6.03 Å². The largest absolute Gasteiger partial charge is 0.483 e. The fourth-order valence-corrected chi connectivity index (χ4v) is 2.37. The summed E-state index contributed by atoms with van der Waals surface area (Å²) in [5.41, 5.74) is 6.17. The number of nitrogens with one attached hydrogen (secondary N) is 3. The van der Waals surface area contributed by atoms with Crippen molar-refractivity contribution >= 4 is 29.2 Å². The number of halogens is 1. The number of carbonyl (C=O) groups is 2. The highest BCUT2D eigenvalue weighted by molar-refractivity contribution is 6.30. The summed E-state index contributed by atoms with van der Waals surface area (Å²) >= 11 is 5.78. The summed E-state index contributed by atoms with van der Waals surface area (Å²) in [6, 6.07) is 13.7. The zero-order valence-corrected chi connectivity index (χ0v) is 15.5. The van der Waals surface area contributed by atoms with E-state index in [0.29, 0.717) is 22.4 Å². The van der Waals surface area contributed by atoms with Crippen molar-refractivity contribution in [3.8, 4) is 5.75 Å². The van der Waals surface area contributed by atoms with Crippen LogP contribution in [-0.2, 0) is 4.79 Å². The Morgan fingerprint density at radius 3 is 2.46 bits per heavy atom. The maximum atomic E-state index is 11.9. The van der Waals surface area contributed by atoms with Gasteiger partial charge in [0, 0.05) is 10.7 Å². The molecule has 0 bridgehead atoms. The molecule has 2 aromatic carbocycles. The Labute approximate surface area is 157 Å². The Balaban J connectivity index is 1.79. The highest BCUT2D eigenvalue weighted by atomic mass is 35.5. The summed E-state index contributed by atoms with van der Waals surface area (Å²) in [5, 5.41) is 3.13. The number of hydrogen-bond acceptors (Lipinski definition) is 3. The van der Waals surface area contributed by atoms with Crippen LogP contribution in [0.15, 0.2) is 48.5 Å². The standard InChI is InChI=1S/C19H22ClN3O3/c1-3-13(2)16-6-4-5-7-17(16)26-12-18(24)22-23-19(25)21-15-10-8-14(20)9-11-15/h4-11,13H,3,12H2,1-2H3,(H,22,24)(H2,21,23,25). The number of hydrazine groups is 1. The van der Waals surface area contributed by atoms with Crippen molar-refractivity contribution in [1.29, 1.82) is 0 Å². The third-order valence-electron chi connectivity index (χ3n) is 3.84. The number of urea groups is 1. The van der Waals surface area contributed by atoms with Gasteiger partial charge in [-0.3, -0.25) is 10.2 Å². The van der Waals surface area contributed by atoms with E-state index in [0.717, 1.165) is 12.0 Å². The Morgan fingerprint density at radius 2 is 1.77 bits per heavy atom. The fourth-order valence-electron chi connectivity index (χ4n) is 2.24. The third-order valence-corrected chi connectivity index (χ3v) is 4.09. The minimum atomic E-state index is -0.569. The average Bonchev–Trinajstić information content (AvgIpc) is 2.66. The van der Waals surface area contributed by atoms with Crippen LogP contribution in [0.4, 0.5) is 10.5 Å². The van der Waals surface area contributed by atoms with Crippen molar-refractivity contribution in [2.45, 2.75) is 26.2 Å². The van der Waals surface area contributed by atoms with Crippen LogP contribution in [0.3, 0.4) is 0 Å². The van der Waals surface area contributed by atoms with E-state index in [1.807, 2.05) is 24.3 Å². The first-order valence-electron chi connectivity index (χ1n) is 8.32. The van der Waals surface area contributed by atoms with Crippen LogP contribution in [0, 0.1) is 0 Å². The zero-order valence-electron chi connectivity index (χ0n) is 14.7. The molecule has 1 atom stereocenters. The van der Waals surface area contributed by atoms with Gasteiger partial charge in [0.05, 0.1) is 0 Å². The molecule has 7 heteroatoms. The van der Waals surface area contributed by atoms with Crippen LogP contribution >= 0.6 is 11.6 Å². The van der Waals surface area contributed by atoms with E-state index >= 15 is 0 Å². The molecule has 1 unspecified atom stereocenters.